The maximum atomic E-state index is 11.6. The van der Waals surface area contributed by atoms with Gasteiger partial charge in [0.25, 0.3) is 4.92 Å². The van der Waals surface area contributed by atoms with Gasteiger partial charge < -0.3 is 9.72 Å². The number of rotatable bonds is 4. The van der Waals surface area contributed by atoms with Crippen LogP contribution >= 0.6 is 11.6 Å². The zero-order chi connectivity index (χ0) is 16.0. The van der Waals surface area contributed by atoms with E-state index < -0.39 is 5.97 Å². The molecule has 21 heavy (non-hydrogen) atoms. The molecule has 2 aromatic rings. The van der Waals surface area contributed by atoms with Crippen LogP contribution in [0.1, 0.15) is 31.3 Å². The molecule has 1 N–H and O–H groups in total. The molecule has 2 rings (SSSR count). The highest BCUT2D eigenvalue weighted by molar-refractivity contribution is 6.35. The van der Waals surface area contributed by atoms with Gasteiger partial charge in [-0.15, -0.1) is 0 Å². The van der Waals surface area contributed by atoms with E-state index >= 15 is 0 Å². The van der Waals surface area contributed by atoms with Crippen molar-refractivity contribution in [2.75, 3.05) is 13.7 Å². The van der Waals surface area contributed by atoms with E-state index in [0.717, 1.165) is 0 Å². The zero-order valence-electron chi connectivity index (χ0n) is 12.4. The first-order valence-corrected chi connectivity index (χ1v) is 6.95. The number of halogens is 1. The van der Waals surface area contributed by atoms with Crippen molar-refractivity contribution in [3.05, 3.63) is 33.8 Å². The van der Waals surface area contributed by atoms with Crippen molar-refractivity contribution >= 4 is 34.2 Å². The van der Waals surface area contributed by atoms with Crippen LogP contribution in [0.2, 0.25) is 5.02 Å². The van der Waals surface area contributed by atoms with Gasteiger partial charge in [0.2, 0.25) is 0 Å². The normalized spacial score (nSPS) is 9.76. The summed E-state index contributed by atoms with van der Waals surface area (Å²) in [6.45, 7) is 6.00. The van der Waals surface area contributed by atoms with E-state index in [1.54, 1.807) is 19.1 Å². The van der Waals surface area contributed by atoms with Crippen molar-refractivity contribution in [1.29, 1.82) is 0 Å². The molecule has 0 unspecified atom stereocenters. The minimum Gasteiger partial charge on any atom is -0.461 e. The van der Waals surface area contributed by atoms with Crippen molar-refractivity contribution < 1.29 is 19.3 Å². The lowest BCUT2D eigenvalue weighted by Crippen LogP contribution is -2.04. The molecule has 0 saturated carbocycles. The fourth-order valence-corrected chi connectivity index (χ4v) is 1.98. The number of esters is 1. The number of hydrogen-bond donors (Lipinski definition) is 1. The number of ether oxygens (including phenoxy) is 1. The molecule has 0 radical (unpaired) electrons. The number of aromatic nitrogens is 1. The summed E-state index contributed by atoms with van der Waals surface area (Å²) in [4.78, 5) is 30.7. The number of aromatic amines is 1. The molecular formula is C14H18ClN2O4+. The van der Waals surface area contributed by atoms with Gasteiger partial charge in [-0.2, -0.15) is 0 Å². The SMILES string of the molecule is CC.CCOC(=O)c1cc2cc([N+](=O)OC)cc(Cl)c2[nH]1. The van der Waals surface area contributed by atoms with Crippen LogP contribution in [0.4, 0.5) is 5.69 Å². The van der Waals surface area contributed by atoms with Crippen LogP contribution in [0.5, 0.6) is 0 Å². The smallest absolute Gasteiger partial charge is 0.354 e. The van der Waals surface area contributed by atoms with Crippen molar-refractivity contribution in [2.45, 2.75) is 20.8 Å². The Morgan fingerprint density at radius 3 is 2.57 bits per heavy atom. The standard InChI is InChI=1S/C12H11ClN2O4.C2H6/c1-3-19-12(16)10-5-7-4-8(15(17)18-2)6-9(13)11(7)14-10;1-2/h4-6H,3H2,1-2H3;1-2H3/p+1. The molecule has 0 saturated heterocycles. The molecule has 1 heterocycles. The Morgan fingerprint density at radius 1 is 1.33 bits per heavy atom. The van der Waals surface area contributed by atoms with Crippen molar-refractivity contribution in [2.24, 2.45) is 0 Å². The number of carbonyl (C=O) groups is 1. The number of nitrogens with zero attached hydrogens (tertiary/aromatic N) is 1. The van der Waals surface area contributed by atoms with Crippen LogP contribution in [0.15, 0.2) is 18.2 Å². The van der Waals surface area contributed by atoms with Gasteiger partial charge in [0.15, 0.2) is 7.11 Å². The molecule has 0 bridgehead atoms. The topological polar surface area (TPSA) is 71.4 Å². The predicted octanol–water partition coefficient (Wildman–Crippen LogP) is 4.00. The summed E-state index contributed by atoms with van der Waals surface area (Å²) < 4.78 is 4.89. The highest BCUT2D eigenvalue weighted by Crippen LogP contribution is 2.29. The largest absolute Gasteiger partial charge is 0.461 e. The second-order valence-electron chi connectivity index (χ2n) is 3.73. The third kappa shape index (κ3) is 3.72. The molecule has 6 nitrogen and oxygen atoms in total. The highest BCUT2D eigenvalue weighted by Gasteiger charge is 2.20. The number of nitrogens with one attached hydrogen (secondary N) is 1. The third-order valence-electron chi connectivity index (χ3n) is 2.54. The zero-order valence-corrected chi connectivity index (χ0v) is 13.2. The molecule has 0 spiro atoms. The van der Waals surface area contributed by atoms with Crippen LogP contribution in [-0.4, -0.2) is 29.6 Å². The number of H-pyrrole nitrogens is 1. The van der Waals surface area contributed by atoms with E-state index in [9.17, 15) is 9.70 Å². The van der Waals surface area contributed by atoms with Crippen LogP contribution in [-0.2, 0) is 9.57 Å². The van der Waals surface area contributed by atoms with Gasteiger partial charge in [-0.1, -0.05) is 25.4 Å². The van der Waals surface area contributed by atoms with Crippen molar-refractivity contribution in [1.82, 2.24) is 4.98 Å². The van der Waals surface area contributed by atoms with Crippen LogP contribution in [0, 0.1) is 4.91 Å². The number of fused-ring (bicyclic) bond motifs is 1. The average molecular weight is 314 g/mol. The number of hydrogen-bond acceptors (Lipinski definition) is 4. The molecule has 0 amide bonds. The highest BCUT2D eigenvalue weighted by atomic mass is 35.5. The Morgan fingerprint density at radius 2 is 2.00 bits per heavy atom. The van der Waals surface area contributed by atoms with Crippen molar-refractivity contribution in [3.8, 4) is 0 Å². The van der Waals surface area contributed by atoms with Gasteiger partial charge in [-0.25, -0.2) is 9.63 Å². The van der Waals surface area contributed by atoms with E-state index in [1.807, 2.05) is 13.8 Å². The molecule has 0 fully saturated rings. The van der Waals surface area contributed by atoms with Gasteiger partial charge in [-0.3, -0.25) is 0 Å². The van der Waals surface area contributed by atoms with E-state index in [-0.39, 0.29) is 18.0 Å². The monoisotopic (exact) mass is 313 g/mol. The number of carbonyl (C=O) groups excluding carboxylic acids is 1. The Bertz CT molecular complexity index is 652. The first-order chi connectivity index (χ1) is 10.1. The van der Waals surface area contributed by atoms with Gasteiger partial charge in [0.1, 0.15) is 5.69 Å². The van der Waals surface area contributed by atoms with E-state index in [1.165, 1.54) is 13.2 Å². The summed E-state index contributed by atoms with van der Waals surface area (Å²) in [5, 5.41) is 0.949. The maximum Gasteiger partial charge on any atom is 0.354 e. The first kappa shape index (κ1) is 17.0. The molecule has 7 heteroatoms. The van der Waals surface area contributed by atoms with E-state index in [4.69, 9.17) is 16.3 Å². The molecule has 0 aliphatic heterocycles. The molecule has 1 aromatic carbocycles. The van der Waals surface area contributed by atoms with Gasteiger partial charge in [0.05, 0.1) is 22.1 Å². The minimum atomic E-state index is -0.470. The lowest BCUT2D eigenvalue weighted by atomic mass is 10.2. The molecule has 0 aliphatic rings. The lowest BCUT2D eigenvalue weighted by molar-refractivity contribution is -0.736. The fourth-order valence-electron chi connectivity index (χ4n) is 1.71. The third-order valence-corrected chi connectivity index (χ3v) is 2.84. The van der Waals surface area contributed by atoms with E-state index in [0.29, 0.717) is 20.8 Å². The van der Waals surface area contributed by atoms with Crippen LogP contribution in [0.3, 0.4) is 0 Å². The molecule has 1 aromatic heterocycles. The second kappa shape index (κ2) is 7.64. The Labute approximate surface area is 127 Å². The Balaban J connectivity index is 0.00000106. The molecule has 0 aliphatic carbocycles. The summed E-state index contributed by atoms with van der Waals surface area (Å²) in [5.41, 5.74) is 1.10. The van der Waals surface area contributed by atoms with Crippen LogP contribution < -0.4 is 0 Å². The summed E-state index contributed by atoms with van der Waals surface area (Å²) in [6, 6.07) is 4.59. The van der Waals surface area contributed by atoms with Crippen LogP contribution in [0.25, 0.3) is 10.9 Å². The van der Waals surface area contributed by atoms with Gasteiger partial charge >= 0.3 is 11.7 Å². The summed E-state index contributed by atoms with van der Waals surface area (Å²) >= 11 is 6.05. The summed E-state index contributed by atoms with van der Waals surface area (Å²) in [7, 11) is 1.26. The van der Waals surface area contributed by atoms with Gasteiger partial charge in [-0.05, 0) is 13.0 Å². The summed E-state index contributed by atoms with van der Waals surface area (Å²) in [6.07, 6.45) is 0. The summed E-state index contributed by atoms with van der Waals surface area (Å²) in [5.74, 6) is -0.470. The van der Waals surface area contributed by atoms with Gasteiger partial charge in [0, 0.05) is 17.5 Å². The lowest BCUT2D eigenvalue weighted by Gasteiger charge is -1.97. The predicted molar refractivity (Wildman–Crippen MR) is 80.9 cm³/mol. The number of benzene rings is 1. The maximum absolute atomic E-state index is 11.6. The molecular weight excluding hydrogens is 296 g/mol. The Hall–Kier alpha value is -2.08. The first-order valence-electron chi connectivity index (χ1n) is 6.57. The van der Waals surface area contributed by atoms with Crippen molar-refractivity contribution in [3.63, 3.8) is 0 Å². The molecule has 114 valence electrons. The fraction of sp³-hybridized carbons (Fsp3) is 0.357. The van der Waals surface area contributed by atoms with E-state index in [2.05, 4.69) is 9.82 Å². The molecule has 0 atom stereocenters. The second-order valence-corrected chi connectivity index (χ2v) is 4.14. The Kier molecular flexibility index (Phi) is 6.17. The quantitative estimate of drug-likeness (QED) is 0.684. The minimum absolute atomic E-state index is 0.245. The average Bonchev–Trinajstić information content (AvgIpc) is 2.93.